The SMILES string of the molecule is Cc1cc(C)c2[nH]c(=O)c(CN(Cc3ccc4c(c3)OCO4)S(=O)(=O)c3ccccc3)cc2c1. The van der Waals surface area contributed by atoms with Crippen molar-refractivity contribution in [2.45, 2.75) is 31.8 Å². The maximum absolute atomic E-state index is 13.6. The van der Waals surface area contributed by atoms with E-state index in [1.54, 1.807) is 54.6 Å². The number of hydrogen-bond acceptors (Lipinski definition) is 5. The number of ether oxygens (including phenoxy) is 2. The molecular formula is C26H24N2O5S. The van der Waals surface area contributed by atoms with E-state index in [2.05, 4.69) is 4.98 Å². The number of pyridine rings is 1. The summed E-state index contributed by atoms with van der Waals surface area (Å²) in [6.45, 7) is 4.05. The molecule has 7 nitrogen and oxygen atoms in total. The van der Waals surface area contributed by atoms with Crippen molar-refractivity contribution in [2.24, 2.45) is 0 Å². The molecule has 0 fully saturated rings. The van der Waals surface area contributed by atoms with Crippen LogP contribution < -0.4 is 15.0 Å². The zero-order chi connectivity index (χ0) is 23.9. The van der Waals surface area contributed by atoms with Gasteiger partial charge >= 0.3 is 0 Å². The van der Waals surface area contributed by atoms with Crippen LogP contribution in [0.2, 0.25) is 0 Å². The highest BCUT2D eigenvalue weighted by molar-refractivity contribution is 7.89. The maximum Gasteiger partial charge on any atom is 0.252 e. The second kappa shape index (κ2) is 8.62. The zero-order valence-electron chi connectivity index (χ0n) is 18.9. The number of nitrogens with zero attached hydrogens (tertiary/aromatic N) is 1. The van der Waals surface area contributed by atoms with Crippen LogP contribution in [0, 0.1) is 13.8 Å². The molecule has 3 aromatic carbocycles. The third-order valence-electron chi connectivity index (χ3n) is 5.89. The fourth-order valence-electron chi connectivity index (χ4n) is 4.25. The van der Waals surface area contributed by atoms with E-state index in [1.165, 1.54) is 4.31 Å². The van der Waals surface area contributed by atoms with Gasteiger partial charge in [-0.05, 0) is 66.8 Å². The summed E-state index contributed by atoms with van der Waals surface area (Å²) in [6.07, 6.45) is 0. The summed E-state index contributed by atoms with van der Waals surface area (Å²) < 4.78 is 39.4. The van der Waals surface area contributed by atoms with Crippen LogP contribution in [-0.4, -0.2) is 24.5 Å². The monoisotopic (exact) mass is 476 g/mol. The molecule has 0 unspecified atom stereocenters. The summed E-state index contributed by atoms with van der Waals surface area (Å²) in [6, 6.07) is 19.3. The summed E-state index contributed by atoms with van der Waals surface area (Å²) in [4.78, 5) is 16.1. The lowest BCUT2D eigenvalue weighted by Gasteiger charge is -2.22. The summed E-state index contributed by atoms with van der Waals surface area (Å²) in [5.74, 6) is 1.20. The molecule has 1 aliphatic heterocycles. The van der Waals surface area contributed by atoms with Gasteiger partial charge in [0.2, 0.25) is 16.8 Å². The Morgan fingerprint density at radius 3 is 2.47 bits per heavy atom. The minimum absolute atomic E-state index is 0.0676. The van der Waals surface area contributed by atoms with Gasteiger partial charge in [-0.15, -0.1) is 0 Å². The van der Waals surface area contributed by atoms with Crippen molar-refractivity contribution in [3.8, 4) is 11.5 Å². The Kier molecular flexibility index (Phi) is 5.63. The van der Waals surface area contributed by atoms with E-state index in [9.17, 15) is 13.2 Å². The molecule has 1 N–H and O–H groups in total. The van der Waals surface area contributed by atoms with Gasteiger partial charge in [-0.2, -0.15) is 4.31 Å². The smallest absolute Gasteiger partial charge is 0.252 e. The predicted molar refractivity (Wildman–Crippen MR) is 129 cm³/mol. The molecule has 2 heterocycles. The lowest BCUT2D eigenvalue weighted by molar-refractivity contribution is 0.174. The average molecular weight is 477 g/mol. The Hall–Kier alpha value is -3.62. The van der Waals surface area contributed by atoms with E-state index in [0.29, 0.717) is 17.1 Å². The van der Waals surface area contributed by atoms with Gasteiger partial charge in [-0.25, -0.2) is 8.42 Å². The normalized spacial score (nSPS) is 13.0. The minimum atomic E-state index is -3.89. The zero-order valence-corrected chi connectivity index (χ0v) is 19.7. The van der Waals surface area contributed by atoms with Crippen molar-refractivity contribution in [2.75, 3.05) is 6.79 Å². The van der Waals surface area contributed by atoms with Crippen LogP contribution >= 0.6 is 0 Å². The maximum atomic E-state index is 13.6. The van der Waals surface area contributed by atoms with Crippen molar-refractivity contribution < 1.29 is 17.9 Å². The number of rotatable bonds is 6. The standard InChI is InChI=1S/C26H24N2O5S/c1-17-10-18(2)25-20(11-17)13-21(26(29)27-25)15-28(34(30,31)22-6-4-3-5-7-22)14-19-8-9-23-24(12-19)33-16-32-23/h3-13H,14-16H2,1-2H3,(H,27,29). The fourth-order valence-corrected chi connectivity index (χ4v) is 5.68. The Morgan fingerprint density at radius 1 is 0.912 bits per heavy atom. The van der Waals surface area contributed by atoms with Gasteiger partial charge in [0.15, 0.2) is 11.5 Å². The molecule has 0 bridgehead atoms. The number of aromatic nitrogens is 1. The number of hydrogen-bond donors (Lipinski definition) is 1. The minimum Gasteiger partial charge on any atom is -0.454 e. The first-order valence-corrected chi connectivity index (χ1v) is 12.3. The number of H-pyrrole nitrogens is 1. The first-order valence-electron chi connectivity index (χ1n) is 10.9. The highest BCUT2D eigenvalue weighted by Crippen LogP contribution is 2.33. The highest BCUT2D eigenvalue weighted by Gasteiger charge is 2.27. The molecule has 0 radical (unpaired) electrons. The second-order valence-corrected chi connectivity index (χ2v) is 10.4. The van der Waals surface area contributed by atoms with Crippen LogP contribution in [0.4, 0.5) is 0 Å². The molecule has 8 heteroatoms. The largest absolute Gasteiger partial charge is 0.454 e. The lowest BCUT2D eigenvalue weighted by Crippen LogP contribution is -2.32. The van der Waals surface area contributed by atoms with Gasteiger partial charge in [0.05, 0.1) is 10.4 Å². The van der Waals surface area contributed by atoms with Crippen LogP contribution in [0.1, 0.15) is 22.3 Å². The third kappa shape index (κ3) is 4.18. The van der Waals surface area contributed by atoms with E-state index in [0.717, 1.165) is 27.6 Å². The van der Waals surface area contributed by atoms with Crippen molar-refractivity contribution in [1.29, 1.82) is 0 Å². The molecule has 34 heavy (non-hydrogen) atoms. The molecule has 1 aliphatic rings. The van der Waals surface area contributed by atoms with Crippen molar-refractivity contribution in [3.63, 3.8) is 0 Å². The van der Waals surface area contributed by atoms with Crippen LogP contribution in [0.5, 0.6) is 11.5 Å². The Balaban J connectivity index is 1.57. The van der Waals surface area contributed by atoms with Gasteiger partial charge in [0.1, 0.15) is 0 Å². The lowest BCUT2D eigenvalue weighted by atomic mass is 10.1. The Morgan fingerprint density at radius 2 is 1.68 bits per heavy atom. The molecule has 0 amide bonds. The third-order valence-corrected chi connectivity index (χ3v) is 7.70. The number of aryl methyl sites for hydroxylation is 2. The Bertz CT molecular complexity index is 1550. The second-order valence-electron chi connectivity index (χ2n) is 8.44. The molecule has 174 valence electrons. The first kappa shape index (κ1) is 22.2. The number of fused-ring (bicyclic) bond motifs is 2. The molecule has 0 spiro atoms. The van der Waals surface area contributed by atoms with Crippen molar-refractivity contribution >= 4 is 20.9 Å². The van der Waals surface area contributed by atoms with E-state index in [1.807, 2.05) is 26.0 Å². The quantitative estimate of drug-likeness (QED) is 0.449. The van der Waals surface area contributed by atoms with Crippen molar-refractivity contribution in [1.82, 2.24) is 9.29 Å². The van der Waals surface area contributed by atoms with E-state index in [-0.39, 0.29) is 30.3 Å². The van der Waals surface area contributed by atoms with E-state index < -0.39 is 10.0 Å². The topological polar surface area (TPSA) is 88.7 Å². The average Bonchev–Trinajstić information content (AvgIpc) is 3.28. The summed E-state index contributed by atoms with van der Waals surface area (Å²) in [7, 11) is -3.89. The molecule has 0 atom stereocenters. The summed E-state index contributed by atoms with van der Waals surface area (Å²) in [5.41, 5.74) is 3.58. The summed E-state index contributed by atoms with van der Waals surface area (Å²) in [5, 5.41) is 0.868. The van der Waals surface area contributed by atoms with Gasteiger partial charge in [0.25, 0.3) is 5.56 Å². The van der Waals surface area contributed by atoms with Crippen molar-refractivity contribution in [3.05, 3.63) is 99.3 Å². The van der Waals surface area contributed by atoms with Crippen LogP contribution in [0.25, 0.3) is 10.9 Å². The number of nitrogens with one attached hydrogen (secondary N) is 1. The Labute approximate surface area is 197 Å². The number of benzene rings is 3. The molecule has 0 saturated carbocycles. The summed E-state index contributed by atoms with van der Waals surface area (Å²) >= 11 is 0. The predicted octanol–water partition coefficient (Wildman–Crippen LogP) is 4.26. The molecule has 0 saturated heterocycles. The van der Waals surface area contributed by atoms with Crippen LogP contribution in [-0.2, 0) is 23.1 Å². The molecular weight excluding hydrogens is 452 g/mol. The van der Waals surface area contributed by atoms with Gasteiger partial charge in [0, 0.05) is 18.7 Å². The van der Waals surface area contributed by atoms with Gasteiger partial charge < -0.3 is 14.5 Å². The van der Waals surface area contributed by atoms with E-state index in [4.69, 9.17) is 9.47 Å². The van der Waals surface area contributed by atoms with Crippen LogP contribution in [0.3, 0.4) is 0 Å². The van der Waals surface area contributed by atoms with Crippen LogP contribution in [0.15, 0.2) is 76.4 Å². The molecule has 5 rings (SSSR count). The number of aromatic amines is 1. The fraction of sp³-hybridized carbons (Fsp3) is 0.192. The van der Waals surface area contributed by atoms with Gasteiger partial charge in [-0.3, -0.25) is 4.79 Å². The van der Waals surface area contributed by atoms with E-state index >= 15 is 0 Å². The first-order chi connectivity index (χ1) is 16.3. The van der Waals surface area contributed by atoms with Gasteiger partial charge in [-0.1, -0.05) is 35.9 Å². The molecule has 4 aromatic rings. The number of sulfonamides is 1. The molecule has 0 aliphatic carbocycles. The molecule has 1 aromatic heterocycles. The highest BCUT2D eigenvalue weighted by atomic mass is 32.2.